The maximum absolute atomic E-state index is 12.3. The number of nitrogens with zero attached hydrogens (tertiary/aromatic N) is 2. The van der Waals surface area contributed by atoms with Crippen LogP contribution in [-0.2, 0) is 4.79 Å². The van der Waals surface area contributed by atoms with Gasteiger partial charge in [0.1, 0.15) is 10.6 Å². The number of fused-ring (bicyclic) bond motifs is 1. The fourth-order valence-corrected chi connectivity index (χ4v) is 4.77. The largest absolute Gasteiger partial charge is 0.495 e. The number of halogens is 2. The van der Waals surface area contributed by atoms with Gasteiger partial charge in [0.05, 0.1) is 23.6 Å². The number of methoxy groups -OCH3 is 1. The van der Waals surface area contributed by atoms with Crippen molar-refractivity contribution in [3.05, 3.63) is 52.5 Å². The van der Waals surface area contributed by atoms with Crippen molar-refractivity contribution in [3.63, 3.8) is 0 Å². The van der Waals surface area contributed by atoms with Crippen LogP contribution in [0.5, 0.6) is 5.75 Å². The van der Waals surface area contributed by atoms with Crippen LogP contribution < -0.4 is 10.1 Å². The van der Waals surface area contributed by atoms with Gasteiger partial charge < -0.3 is 14.5 Å². The standard InChI is InChI=1S/C19H13Cl2N3O3S2/c1-26-13-7-6-10(20)8-12(13)22-15(25)9-28-19-24-23-18(27-19)17-16(21)11-4-2-3-5-14(11)29-17/h2-8H,9H2,1H3,(H,22,25). The molecule has 148 valence electrons. The van der Waals surface area contributed by atoms with Crippen molar-refractivity contribution in [2.75, 3.05) is 18.2 Å². The molecule has 0 radical (unpaired) electrons. The summed E-state index contributed by atoms with van der Waals surface area (Å²) in [5, 5.41) is 13.1. The van der Waals surface area contributed by atoms with Gasteiger partial charge in [0.15, 0.2) is 0 Å². The van der Waals surface area contributed by atoms with Gasteiger partial charge >= 0.3 is 0 Å². The molecule has 0 aliphatic heterocycles. The number of amides is 1. The molecule has 0 unspecified atom stereocenters. The summed E-state index contributed by atoms with van der Waals surface area (Å²) in [4.78, 5) is 13.0. The molecular formula is C19H13Cl2N3O3S2. The summed E-state index contributed by atoms with van der Waals surface area (Å²) in [5.74, 6) is 0.676. The third kappa shape index (κ3) is 4.35. The summed E-state index contributed by atoms with van der Waals surface area (Å²) >= 11 is 15.0. The van der Waals surface area contributed by atoms with Gasteiger partial charge in [-0.15, -0.1) is 21.5 Å². The van der Waals surface area contributed by atoms with Crippen molar-refractivity contribution in [1.29, 1.82) is 0 Å². The van der Waals surface area contributed by atoms with E-state index in [4.69, 9.17) is 32.4 Å². The Bertz CT molecular complexity index is 1190. The van der Waals surface area contributed by atoms with E-state index in [0.717, 1.165) is 21.8 Å². The number of benzene rings is 2. The van der Waals surface area contributed by atoms with Gasteiger partial charge in [-0.3, -0.25) is 4.79 Å². The van der Waals surface area contributed by atoms with Gasteiger partial charge in [-0.25, -0.2) is 0 Å². The normalized spacial score (nSPS) is 11.0. The maximum Gasteiger partial charge on any atom is 0.277 e. The van der Waals surface area contributed by atoms with Crippen molar-refractivity contribution in [2.24, 2.45) is 0 Å². The minimum Gasteiger partial charge on any atom is -0.495 e. The molecule has 1 amide bonds. The van der Waals surface area contributed by atoms with Crippen LogP contribution in [0.2, 0.25) is 10.0 Å². The predicted molar refractivity (Wildman–Crippen MR) is 117 cm³/mol. The second-order valence-electron chi connectivity index (χ2n) is 5.80. The molecule has 0 spiro atoms. The molecule has 0 fully saturated rings. The summed E-state index contributed by atoms with van der Waals surface area (Å²) in [5.41, 5.74) is 0.494. The van der Waals surface area contributed by atoms with Gasteiger partial charge in [0.25, 0.3) is 11.1 Å². The Kier molecular flexibility index (Phi) is 5.96. The zero-order chi connectivity index (χ0) is 20.4. The lowest BCUT2D eigenvalue weighted by molar-refractivity contribution is -0.113. The lowest BCUT2D eigenvalue weighted by Gasteiger charge is -2.09. The first-order valence-electron chi connectivity index (χ1n) is 8.32. The van der Waals surface area contributed by atoms with Crippen molar-refractivity contribution in [3.8, 4) is 16.5 Å². The molecule has 0 aliphatic rings. The lowest BCUT2D eigenvalue weighted by atomic mass is 10.2. The van der Waals surface area contributed by atoms with Gasteiger partial charge in [0.2, 0.25) is 5.91 Å². The topological polar surface area (TPSA) is 77.2 Å². The third-order valence-corrected chi connectivity index (χ3v) is 6.61. The Morgan fingerprint density at radius 2 is 2.07 bits per heavy atom. The summed E-state index contributed by atoms with van der Waals surface area (Å²) in [6.45, 7) is 0. The fourth-order valence-electron chi connectivity index (χ4n) is 2.60. The van der Waals surface area contributed by atoms with Crippen LogP contribution in [0.15, 0.2) is 52.1 Å². The molecule has 0 saturated heterocycles. The number of hydrogen-bond acceptors (Lipinski definition) is 7. The predicted octanol–water partition coefficient (Wildman–Crippen LogP) is 6.00. The van der Waals surface area contributed by atoms with Crippen molar-refractivity contribution >= 4 is 68.0 Å². The van der Waals surface area contributed by atoms with E-state index >= 15 is 0 Å². The smallest absolute Gasteiger partial charge is 0.277 e. The Labute approximate surface area is 184 Å². The summed E-state index contributed by atoms with van der Waals surface area (Å²) < 4.78 is 11.9. The molecule has 2 aromatic heterocycles. The molecule has 1 N–H and O–H groups in total. The van der Waals surface area contributed by atoms with E-state index in [9.17, 15) is 4.79 Å². The van der Waals surface area contributed by atoms with Crippen LogP contribution in [0.4, 0.5) is 5.69 Å². The van der Waals surface area contributed by atoms with Crippen LogP contribution >= 0.6 is 46.3 Å². The summed E-state index contributed by atoms with van der Waals surface area (Å²) in [6.07, 6.45) is 0. The highest BCUT2D eigenvalue weighted by atomic mass is 35.5. The lowest BCUT2D eigenvalue weighted by Crippen LogP contribution is -2.14. The number of ether oxygens (including phenoxy) is 1. The van der Waals surface area contributed by atoms with Crippen LogP contribution in [0, 0.1) is 0 Å². The molecule has 4 aromatic rings. The van der Waals surface area contributed by atoms with Crippen LogP contribution in [-0.4, -0.2) is 29.0 Å². The highest BCUT2D eigenvalue weighted by molar-refractivity contribution is 7.99. The van der Waals surface area contributed by atoms with Crippen molar-refractivity contribution < 1.29 is 13.9 Å². The molecule has 0 bridgehead atoms. The van der Waals surface area contributed by atoms with Gasteiger partial charge in [-0.05, 0) is 24.3 Å². The first-order chi connectivity index (χ1) is 14.0. The number of rotatable bonds is 6. The van der Waals surface area contributed by atoms with E-state index in [1.54, 1.807) is 18.2 Å². The molecule has 2 heterocycles. The van der Waals surface area contributed by atoms with E-state index in [-0.39, 0.29) is 16.9 Å². The van der Waals surface area contributed by atoms with E-state index in [0.29, 0.717) is 32.3 Å². The highest BCUT2D eigenvalue weighted by Crippen LogP contribution is 2.41. The number of aromatic nitrogens is 2. The fraction of sp³-hybridized carbons (Fsp3) is 0.105. The zero-order valence-electron chi connectivity index (χ0n) is 14.9. The quantitative estimate of drug-likeness (QED) is 0.352. The van der Waals surface area contributed by atoms with E-state index in [1.165, 1.54) is 18.4 Å². The Balaban J connectivity index is 1.44. The number of thiophene rings is 1. The maximum atomic E-state index is 12.3. The Morgan fingerprint density at radius 1 is 1.24 bits per heavy atom. The molecule has 0 aliphatic carbocycles. The molecule has 6 nitrogen and oxygen atoms in total. The second kappa shape index (κ2) is 8.62. The van der Waals surface area contributed by atoms with Gasteiger partial charge in [0, 0.05) is 15.1 Å². The van der Waals surface area contributed by atoms with E-state index in [1.807, 2.05) is 24.3 Å². The second-order valence-corrected chi connectivity index (χ2v) is 8.59. The molecule has 2 aromatic carbocycles. The van der Waals surface area contributed by atoms with Crippen LogP contribution in [0.3, 0.4) is 0 Å². The van der Waals surface area contributed by atoms with Crippen LogP contribution in [0.1, 0.15) is 0 Å². The number of carbonyl (C=O) groups excluding carboxylic acids is 1. The summed E-state index contributed by atoms with van der Waals surface area (Å²) in [6, 6.07) is 12.8. The third-order valence-electron chi connectivity index (χ3n) is 3.90. The Hall–Kier alpha value is -2.26. The Morgan fingerprint density at radius 3 is 2.86 bits per heavy atom. The zero-order valence-corrected chi connectivity index (χ0v) is 18.1. The monoisotopic (exact) mass is 465 g/mol. The average Bonchev–Trinajstić information content (AvgIpc) is 3.31. The van der Waals surface area contributed by atoms with Crippen molar-refractivity contribution in [1.82, 2.24) is 10.2 Å². The molecule has 10 heteroatoms. The first-order valence-corrected chi connectivity index (χ1v) is 10.9. The molecular weight excluding hydrogens is 453 g/mol. The van der Waals surface area contributed by atoms with Gasteiger partial charge in [-0.2, -0.15) is 0 Å². The number of anilines is 1. The number of carbonyl (C=O) groups is 1. The molecule has 29 heavy (non-hydrogen) atoms. The first kappa shape index (κ1) is 20.0. The molecule has 0 saturated carbocycles. The minimum atomic E-state index is -0.254. The van der Waals surface area contributed by atoms with E-state index in [2.05, 4.69) is 15.5 Å². The highest BCUT2D eigenvalue weighted by Gasteiger charge is 2.18. The molecule has 0 atom stereocenters. The van der Waals surface area contributed by atoms with Gasteiger partial charge in [-0.1, -0.05) is 53.2 Å². The number of nitrogens with one attached hydrogen (secondary N) is 1. The SMILES string of the molecule is COc1ccc(Cl)cc1NC(=O)CSc1nnc(-c2sc3ccccc3c2Cl)o1. The van der Waals surface area contributed by atoms with E-state index < -0.39 is 0 Å². The molecule has 4 rings (SSSR count). The average molecular weight is 466 g/mol. The summed E-state index contributed by atoms with van der Waals surface area (Å²) in [7, 11) is 1.52. The number of thioether (sulfide) groups is 1. The van der Waals surface area contributed by atoms with Crippen LogP contribution in [0.25, 0.3) is 20.9 Å². The minimum absolute atomic E-state index is 0.0808. The number of hydrogen-bond donors (Lipinski definition) is 1. The van der Waals surface area contributed by atoms with Crippen molar-refractivity contribution in [2.45, 2.75) is 5.22 Å².